The molecule has 0 fully saturated rings. The van der Waals surface area contributed by atoms with E-state index in [-0.39, 0.29) is 31.2 Å². The maximum atomic E-state index is 12.3. The van der Waals surface area contributed by atoms with Crippen LogP contribution in [0.2, 0.25) is 0 Å². The van der Waals surface area contributed by atoms with Crippen molar-refractivity contribution in [1.82, 2.24) is 5.32 Å². The molecule has 0 bridgehead atoms. The molecule has 118 valence electrons. The molecule has 0 aliphatic heterocycles. The monoisotopic (exact) mass is 336 g/mol. The average Bonchev–Trinajstić information content (AvgIpc) is 2.52. The summed E-state index contributed by atoms with van der Waals surface area (Å²) >= 11 is 0. The molecule has 8 radical (unpaired) electrons. The summed E-state index contributed by atoms with van der Waals surface area (Å²) in [6, 6.07) is 2.19. The van der Waals surface area contributed by atoms with Crippen molar-refractivity contribution in [1.29, 1.82) is 0 Å². The van der Waals surface area contributed by atoms with Crippen LogP contribution in [0.15, 0.2) is 0 Å². The number of Topliss-reactive ketones (excluding diaryl/α,β-unsaturated/α-hetero) is 1. The number of ketones is 1. The molecule has 0 saturated heterocycles. The molecular weight excluding hydrogens is 316 g/mol. The number of hydrogen-bond donors (Lipinski definition) is 2. The number of hydrogen-bond acceptors (Lipinski definition) is 4. The standard InChI is InChI=1S/C11H19B7N2O3S/c1-7(2)3-8(4-9(21)5-19)11(23)20-6-10(22)24(16-12,17-13)18(14)15/h7-8H,3-6,19H2,1-2H3,(H,20,23). The van der Waals surface area contributed by atoms with E-state index in [1.54, 1.807) is 0 Å². The quantitative estimate of drug-likeness (QED) is 0.466. The second kappa shape index (κ2) is 11.2. The third-order valence-electron chi connectivity index (χ3n) is 3.53. The van der Waals surface area contributed by atoms with Gasteiger partial charge in [0.2, 0.25) is 0 Å². The van der Waals surface area contributed by atoms with Gasteiger partial charge in [0.05, 0.1) is 0 Å². The molecule has 24 heavy (non-hydrogen) atoms. The number of nitrogens with two attached hydrogens (primary N) is 1. The van der Waals surface area contributed by atoms with E-state index in [1.165, 1.54) is 0 Å². The predicted octanol–water partition coefficient (Wildman–Crippen LogP) is -2.26. The molecule has 0 saturated carbocycles. The van der Waals surface area contributed by atoms with Gasteiger partial charge >= 0.3 is 151 Å². The normalized spacial score (nSPS) is 12.0. The van der Waals surface area contributed by atoms with Gasteiger partial charge in [-0.3, -0.25) is 0 Å². The van der Waals surface area contributed by atoms with Crippen molar-refractivity contribution in [3.63, 3.8) is 0 Å². The van der Waals surface area contributed by atoms with E-state index in [0.29, 0.717) is 6.42 Å². The predicted molar refractivity (Wildman–Crippen MR) is 108 cm³/mol. The maximum absolute atomic E-state index is 12.3. The van der Waals surface area contributed by atoms with Gasteiger partial charge in [-0.15, -0.1) is 0 Å². The Labute approximate surface area is 151 Å². The number of amides is 1. The SMILES string of the molecule is [B]B=S(=B[B])(B([B])[B])C(=O)CNC(=O)C(CC(=O)CN)CC(C)C. The van der Waals surface area contributed by atoms with E-state index < -0.39 is 31.4 Å². The number of carbonyl (C=O) groups excluding carboxylic acids is 3. The van der Waals surface area contributed by atoms with Crippen molar-refractivity contribution < 1.29 is 14.4 Å². The van der Waals surface area contributed by atoms with Crippen molar-refractivity contribution in [2.45, 2.75) is 26.7 Å². The fourth-order valence-electron chi connectivity index (χ4n) is 2.17. The molecule has 1 atom stereocenters. The first kappa shape index (κ1) is 23.6. The molecule has 0 aromatic carbocycles. The van der Waals surface area contributed by atoms with Crippen LogP contribution in [0, 0.1) is 11.8 Å². The minimum absolute atomic E-state index is 0.0368. The van der Waals surface area contributed by atoms with Crippen molar-refractivity contribution >= 4 is 74.4 Å². The molecule has 0 rings (SSSR count). The number of carbonyl (C=O) groups is 3. The molecule has 5 nitrogen and oxygen atoms in total. The minimum atomic E-state index is -2.52. The van der Waals surface area contributed by atoms with Gasteiger partial charge in [-0.1, -0.05) is 0 Å². The zero-order chi connectivity index (χ0) is 18.9. The molecule has 1 unspecified atom stereocenters. The van der Waals surface area contributed by atoms with Crippen LogP contribution in [0.5, 0.6) is 0 Å². The van der Waals surface area contributed by atoms with Crippen LogP contribution in [0.25, 0.3) is 0 Å². The Kier molecular flexibility index (Phi) is 11.0. The van der Waals surface area contributed by atoms with Crippen LogP contribution in [0.4, 0.5) is 0 Å². The number of rotatable bonds is 9. The fraction of sp³-hybridized carbons (Fsp3) is 0.727. The van der Waals surface area contributed by atoms with Crippen LogP contribution in [-0.2, 0) is 14.4 Å². The first-order valence-electron chi connectivity index (χ1n) is 7.60. The summed E-state index contributed by atoms with van der Waals surface area (Å²) in [7, 11) is 19.7. The molecule has 13 heteroatoms. The van der Waals surface area contributed by atoms with Crippen LogP contribution >= 0.6 is 8.73 Å². The second-order valence-corrected chi connectivity index (χ2v) is 8.93. The van der Waals surface area contributed by atoms with Gasteiger partial charge in [-0.25, -0.2) is 0 Å². The number of nitrogens with one attached hydrogen (secondary N) is 1. The topological polar surface area (TPSA) is 89.3 Å². The molecular formula is C11H19B7N2O3S. The van der Waals surface area contributed by atoms with Gasteiger partial charge in [-0.05, 0) is 0 Å². The van der Waals surface area contributed by atoms with Gasteiger partial charge in [0.1, 0.15) is 0 Å². The van der Waals surface area contributed by atoms with Crippen molar-refractivity contribution in [3.8, 4) is 0 Å². The molecule has 0 aliphatic carbocycles. The Hall–Kier alpha value is -0.425. The molecule has 0 aromatic rings. The van der Waals surface area contributed by atoms with Gasteiger partial charge in [0.15, 0.2) is 0 Å². The Morgan fingerprint density at radius 2 is 1.75 bits per heavy atom. The third kappa shape index (κ3) is 6.83. The van der Waals surface area contributed by atoms with Crippen molar-refractivity contribution in [2.24, 2.45) is 17.6 Å². The first-order chi connectivity index (χ1) is 11.1. The second-order valence-electron chi connectivity index (χ2n) is 5.86. The van der Waals surface area contributed by atoms with Gasteiger partial charge in [-0.2, -0.15) is 0 Å². The van der Waals surface area contributed by atoms with E-state index >= 15 is 0 Å². The Morgan fingerprint density at radius 3 is 2.12 bits per heavy atom. The summed E-state index contributed by atoms with van der Waals surface area (Å²) in [6.45, 7) is 3.44. The Bertz CT molecular complexity index is 574. The van der Waals surface area contributed by atoms with Crippen LogP contribution in [0.3, 0.4) is 0 Å². The zero-order valence-corrected chi connectivity index (χ0v) is 15.1. The van der Waals surface area contributed by atoms with Crippen LogP contribution in [-0.4, -0.2) is 78.7 Å². The van der Waals surface area contributed by atoms with E-state index in [9.17, 15) is 14.4 Å². The van der Waals surface area contributed by atoms with Gasteiger partial charge < -0.3 is 0 Å². The molecule has 0 heterocycles. The summed E-state index contributed by atoms with van der Waals surface area (Å²) in [6.07, 6.45) is 0.543. The van der Waals surface area contributed by atoms with E-state index in [1.807, 2.05) is 13.8 Å². The Morgan fingerprint density at radius 1 is 1.21 bits per heavy atom. The van der Waals surface area contributed by atoms with Crippen molar-refractivity contribution in [2.75, 3.05) is 13.1 Å². The molecule has 0 aliphatic rings. The molecule has 1 amide bonds. The molecule has 0 spiro atoms. The van der Waals surface area contributed by atoms with E-state index in [2.05, 4.69) is 5.32 Å². The molecule has 3 N–H and O–H groups in total. The Balaban J connectivity index is 5.07. The fourth-order valence-corrected chi connectivity index (χ4v) is 3.55. The summed E-state index contributed by atoms with van der Waals surface area (Å²) in [5, 5.41) is 2.07. The zero-order valence-electron chi connectivity index (χ0n) is 14.2. The molecule has 0 aromatic heterocycles. The summed E-state index contributed by atoms with van der Waals surface area (Å²) in [5.74, 6) is -2.00. The van der Waals surface area contributed by atoms with Crippen LogP contribution < -0.4 is 11.1 Å². The average molecular weight is 335 g/mol. The summed E-state index contributed by atoms with van der Waals surface area (Å²) in [4.78, 5) is 36.2. The van der Waals surface area contributed by atoms with Crippen LogP contribution in [0.1, 0.15) is 26.7 Å². The van der Waals surface area contributed by atoms with Crippen molar-refractivity contribution in [3.05, 3.63) is 0 Å². The first-order valence-corrected chi connectivity index (χ1v) is 9.42. The van der Waals surface area contributed by atoms with E-state index in [4.69, 9.17) is 36.7 Å². The van der Waals surface area contributed by atoms with Gasteiger partial charge in [0.25, 0.3) is 0 Å². The summed E-state index contributed by atoms with van der Waals surface area (Å²) < 4.78 is 0. The van der Waals surface area contributed by atoms with Gasteiger partial charge in [0, 0.05) is 0 Å². The third-order valence-corrected chi connectivity index (χ3v) is 6.26. The summed E-state index contributed by atoms with van der Waals surface area (Å²) in [5.41, 5.74) is 5.30. The van der Waals surface area contributed by atoms with E-state index in [0.717, 1.165) is 12.1 Å².